The molecule has 3 rings (SSSR count). The van der Waals surface area contributed by atoms with Gasteiger partial charge in [0.25, 0.3) is 5.91 Å². The number of benzene rings is 2. The molecule has 0 aliphatic carbocycles. The van der Waals surface area contributed by atoms with Crippen molar-refractivity contribution in [2.45, 2.75) is 19.3 Å². The largest absolute Gasteiger partial charge is 0.451 e. The van der Waals surface area contributed by atoms with Crippen LogP contribution >= 0.6 is 0 Å². The number of nitrogens with one attached hydrogen (secondary N) is 2. The molecule has 7 nitrogen and oxygen atoms in total. The van der Waals surface area contributed by atoms with E-state index in [4.69, 9.17) is 15.9 Å². The number of fused-ring (bicyclic) bond motifs is 1. The number of anilines is 3. The van der Waals surface area contributed by atoms with Gasteiger partial charge in [-0.25, -0.2) is 0 Å². The molecule has 2 aromatic carbocycles. The zero-order valence-electron chi connectivity index (χ0n) is 17.6. The Hall–Kier alpha value is -4.26. The monoisotopic (exact) mass is 430 g/mol. The molecule has 164 valence electrons. The van der Waals surface area contributed by atoms with Crippen molar-refractivity contribution in [1.29, 1.82) is 0 Å². The summed E-state index contributed by atoms with van der Waals surface area (Å²) in [7, 11) is 0. The molecule has 3 aromatic rings. The van der Waals surface area contributed by atoms with Crippen LogP contribution in [0.25, 0.3) is 11.0 Å². The van der Waals surface area contributed by atoms with Crippen LogP contribution < -0.4 is 22.1 Å². The van der Waals surface area contributed by atoms with E-state index in [9.17, 15) is 9.59 Å². The molecule has 6 N–H and O–H groups in total. The van der Waals surface area contributed by atoms with Crippen LogP contribution in [0.1, 0.15) is 29.8 Å². The third kappa shape index (κ3) is 5.89. The van der Waals surface area contributed by atoms with Crippen molar-refractivity contribution in [2.24, 2.45) is 5.73 Å². The van der Waals surface area contributed by atoms with Crippen LogP contribution in [0, 0.1) is 0 Å². The summed E-state index contributed by atoms with van der Waals surface area (Å²) in [5.74, 6) is -0.353. The minimum atomic E-state index is -0.404. The molecule has 1 heterocycles. The number of nitrogens with two attached hydrogens (primary N) is 2. The Morgan fingerprint density at radius 3 is 2.62 bits per heavy atom. The lowest BCUT2D eigenvalue weighted by atomic mass is 10.1. The van der Waals surface area contributed by atoms with Gasteiger partial charge in [-0.3, -0.25) is 9.59 Å². The molecule has 0 unspecified atom stereocenters. The van der Waals surface area contributed by atoms with Gasteiger partial charge in [0, 0.05) is 17.5 Å². The molecule has 0 spiro atoms. The van der Waals surface area contributed by atoms with Gasteiger partial charge in [0.15, 0.2) is 5.76 Å². The van der Waals surface area contributed by atoms with Crippen molar-refractivity contribution < 1.29 is 14.0 Å². The summed E-state index contributed by atoms with van der Waals surface area (Å²) in [5, 5.41) is 6.31. The van der Waals surface area contributed by atoms with Gasteiger partial charge in [-0.1, -0.05) is 36.9 Å². The SMILES string of the molecule is C=C/C=C\C(=C/N)CCCC(=O)Nc1ccc2oc(C(=O)Nc3ccccc3N)cc2c1. The van der Waals surface area contributed by atoms with Crippen LogP contribution in [0.15, 0.2) is 89.5 Å². The Kier molecular flexibility index (Phi) is 7.48. The lowest BCUT2D eigenvalue weighted by molar-refractivity contribution is -0.116. The van der Waals surface area contributed by atoms with Gasteiger partial charge in [0.05, 0.1) is 11.4 Å². The Bertz CT molecular complexity index is 1190. The molecule has 1 aromatic heterocycles. The van der Waals surface area contributed by atoms with E-state index in [1.54, 1.807) is 54.6 Å². The fourth-order valence-electron chi connectivity index (χ4n) is 3.12. The molecular weight excluding hydrogens is 404 g/mol. The van der Waals surface area contributed by atoms with E-state index in [0.717, 1.165) is 5.57 Å². The van der Waals surface area contributed by atoms with Crippen molar-refractivity contribution in [1.82, 2.24) is 0 Å². The number of amides is 2. The normalized spacial score (nSPS) is 11.6. The molecule has 7 heteroatoms. The number of carbonyl (C=O) groups is 2. The van der Waals surface area contributed by atoms with Crippen LogP contribution in [-0.2, 0) is 4.79 Å². The van der Waals surface area contributed by atoms with Crippen molar-refractivity contribution in [3.05, 3.63) is 90.9 Å². The van der Waals surface area contributed by atoms with Gasteiger partial charge in [0.1, 0.15) is 5.58 Å². The first kappa shape index (κ1) is 22.4. The quantitative estimate of drug-likeness (QED) is 0.282. The Balaban J connectivity index is 1.60. The maximum atomic E-state index is 12.5. The van der Waals surface area contributed by atoms with Crippen LogP contribution in [0.4, 0.5) is 17.1 Å². The average Bonchev–Trinajstić information content (AvgIpc) is 3.21. The molecule has 0 aliphatic heterocycles. The summed E-state index contributed by atoms with van der Waals surface area (Å²) >= 11 is 0. The highest BCUT2D eigenvalue weighted by Crippen LogP contribution is 2.25. The van der Waals surface area contributed by atoms with E-state index < -0.39 is 5.91 Å². The minimum absolute atomic E-state index is 0.102. The summed E-state index contributed by atoms with van der Waals surface area (Å²) < 4.78 is 5.64. The molecular formula is C25H26N4O3. The number of hydrogen-bond acceptors (Lipinski definition) is 5. The number of para-hydroxylation sites is 2. The first-order valence-corrected chi connectivity index (χ1v) is 10.2. The third-order valence-electron chi connectivity index (χ3n) is 4.76. The standard InChI is InChI=1S/C25H26N4O3/c1-2-3-7-17(16-26)8-6-11-24(30)28-19-12-13-22-18(14-19)15-23(32-22)25(31)29-21-10-5-4-9-20(21)27/h2-5,7,9-10,12-16H,1,6,8,11,26-27H2,(H,28,30)(H,29,31)/b7-3-,17-16+. The smallest absolute Gasteiger partial charge is 0.291 e. The van der Waals surface area contributed by atoms with Crippen LogP contribution in [0.2, 0.25) is 0 Å². The zero-order chi connectivity index (χ0) is 22.9. The predicted octanol–water partition coefficient (Wildman–Crippen LogP) is 4.96. The highest BCUT2D eigenvalue weighted by molar-refractivity contribution is 6.06. The van der Waals surface area contributed by atoms with E-state index in [1.807, 2.05) is 12.2 Å². The minimum Gasteiger partial charge on any atom is -0.451 e. The fraction of sp³-hybridized carbons (Fsp3) is 0.120. The zero-order valence-corrected chi connectivity index (χ0v) is 17.6. The molecule has 0 saturated carbocycles. The van der Waals surface area contributed by atoms with E-state index in [-0.39, 0.29) is 11.7 Å². The lowest BCUT2D eigenvalue weighted by Crippen LogP contribution is -2.12. The van der Waals surface area contributed by atoms with Crippen LogP contribution in [0.5, 0.6) is 0 Å². The van der Waals surface area contributed by atoms with E-state index in [0.29, 0.717) is 47.3 Å². The summed E-state index contributed by atoms with van der Waals surface area (Å²) in [4.78, 5) is 24.8. The van der Waals surface area contributed by atoms with Crippen molar-refractivity contribution in [2.75, 3.05) is 16.4 Å². The van der Waals surface area contributed by atoms with Crippen molar-refractivity contribution in [3.63, 3.8) is 0 Å². The van der Waals surface area contributed by atoms with E-state index in [1.165, 1.54) is 6.20 Å². The molecule has 0 atom stereocenters. The number of rotatable bonds is 9. The second kappa shape index (κ2) is 10.7. The molecule has 0 aliphatic rings. The summed E-state index contributed by atoms with van der Waals surface area (Å²) in [6.07, 6.45) is 8.60. The van der Waals surface area contributed by atoms with Crippen molar-refractivity contribution >= 4 is 39.8 Å². The van der Waals surface area contributed by atoms with E-state index >= 15 is 0 Å². The van der Waals surface area contributed by atoms with Gasteiger partial charge in [-0.15, -0.1) is 0 Å². The van der Waals surface area contributed by atoms with E-state index in [2.05, 4.69) is 17.2 Å². The maximum Gasteiger partial charge on any atom is 0.291 e. The fourth-order valence-corrected chi connectivity index (χ4v) is 3.12. The van der Waals surface area contributed by atoms with Gasteiger partial charge < -0.3 is 26.5 Å². The first-order valence-electron chi connectivity index (χ1n) is 10.2. The summed E-state index contributed by atoms with van der Waals surface area (Å²) in [6, 6.07) is 13.8. The first-order chi connectivity index (χ1) is 15.5. The molecule has 0 radical (unpaired) electrons. The Morgan fingerprint density at radius 1 is 1.06 bits per heavy atom. The lowest BCUT2D eigenvalue weighted by Gasteiger charge is -2.05. The molecule has 32 heavy (non-hydrogen) atoms. The second-order valence-corrected chi connectivity index (χ2v) is 7.14. The molecule has 0 bridgehead atoms. The number of allylic oxidation sites excluding steroid dienone is 4. The average molecular weight is 431 g/mol. The number of nitrogen functional groups attached to an aromatic ring is 1. The second-order valence-electron chi connectivity index (χ2n) is 7.14. The van der Waals surface area contributed by atoms with Gasteiger partial charge in [-0.05, 0) is 61.0 Å². The molecule has 2 amide bonds. The van der Waals surface area contributed by atoms with Crippen LogP contribution in [-0.4, -0.2) is 11.8 Å². The third-order valence-corrected chi connectivity index (χ3v) is 4.76. The maximum absolute atomic E-state index is 12.5. The predicted molar refractivity (Wildman–Crippen MR) is 129 cm³/mol. The molecule has 0 fully saturated rings. The van der Waals surface area contributed by atoms with Crippen LogP contribution in [0.3, 0.4) is 0 Å². The highest BCUT2D eigenvalue weighted by atomic mass is 16.3. The van der Waals surface area contributed by atoms with Crippen molar-refractivity contribution in [3.8, 4) is 0 Å². The Labute approximate surface area is 186 Å². The Morgan fingerprint density at radius 2 is 1.88 bits per heavy atom. The summed E-state index contributed by atoms with van der Waals surface area (Å²) in [6.45, 7) is 3.62. The molecule has 0 saturated heterocycles. The highest BCUT2D eigenvalue weighted by Gasteiger charge is 2.14. The van der Waals surface area contributed by atoms with Gasteiger partial charge >= 0.3 is 0 Å². The van der Waals surface area contributed by atoms with Gasteiger partial charge in [-0.2, -0.15) is 0 Å². The number of furan rings is 1. The summed E-state index contributed by atoms with van der Waals surface area (Å²) in [5.41, 5.74) is 14.5. The van der Waals surface area contributed by atoms with Gasteiger partial charge in [0.2, 0.25) is 5.91 Å². The number of hydrogen-bond donors (Lipinski definition) is 4. The number of carbonyl (C=O) groups excluding carboxylic acids is 2. The topological polar surface area (TPSA) is 123 Å².